The number of morpholine rings is 1. The SMILES string of the molecule is NCC1COCCN1c1noc2ccccc12. The standard InChI is InChI=1S/C12H15N3O2/c13-7-9-8-16-6-5-15(9)12-10-3-1-2-4-11(10)17-14-12/h1-4,9H,5-8,13H2. The molecule has 0 radical (unpaired) electrons. The Morgan fingerprint density at radius 1 is 1.41 bits per heavy atom. The largest absolute Gasteiger partial charge is 0.377 e. The van der Waals surface area contributed by atoms with Crippen molar-refractivity contribution in [2.75, 3.05) is 31.2 Å². The third kappa shape index (κ3) is 1.77. The van der Waals surface area contributed by atoms with E-state index >= 15 is 0 Å². The summed E-state index contributed by atoms with van der Waals surface area (Å²) in [6, 6.07) is 8.04. The molecule has 0 bridgehead atoms. The molecule has 1 unspecified atom stereocenters. The molecule has 1 atom stereocenters. The lowest BCUT2D eigenvalue weighted by Crippen LogP contribution is -2.49. The molecular weight excluding hydrogens is 218 g/mol. The van der Waals surface area contributed by atoms with E-state index in [-0.39, 0.29) is 6.04 Å². The molecule has 0 saturated carbocycles. The Morgan fingerprint density at radius 3 is 3.18 bits per heavy atom. The Kier molecular flexibility index (Phi) is 2.70. The first kappa shape index (κ1) is 10.6. The molecule has 0 aliphatic carbocycles. The highest BCUT2D eigenvalue weighted by molar-refractivity contribution is 5.88. The van der Waals surface area contributed by atoms with Crippen molar-refractivity contribution in [3.63, 3.8) is 0 Å². The molecule has 90 valence electrons. The first-order valence-electron chi connectivity index (χ1n) is 5.79. The van der Waals surface area contributed by atoms with Gasteiger partial charge in [0.2, 0.25) is 0 Å². The molecule has 0 spiro atoms. The molecule has 2 aromatic rings. The zero-order chi connectivity index (χ0) is 11.7. The maximum Gasteiger partial charge on any atom is 0.180 e. The van der Waals surface area contributed by atoms with Crippen molar-refractivity contribution >= 4 is 16.8 Å². The number of nitrogens with zero attached hydrogens (tertiary/aromatic N) is 2. The van der Waals surface area contributed by atoms with Crippen LogP contribution in [0.15, 0.2) is 28.8 Å². The van der Waals surface area contributed by atoms with Crippen LogP contribution in [0.2, 0.25) is 0 Å². The van der Waals surface area contributed by atoms with E-state index in [1.54, 1.807) is 0 Å². The van der Waals surface area contributed by atoms with Gasteiger partial charge in [0, 0.05) is 13.1 Å². The van der Waals surface area contributed by atoms with E-state index in [0.29, 0.717) is 19.8 Å². The van der Waals surface area contributed by atoms with Gasteiger partial charge in [0.1, 0.15) is 0 Å². The Labute approximate surface area is 99.1 Å². The van der Waals surface area contributed by atoms with Gasteiger partial charge in [0.15, 0.2) is 11.4 Å². The third-order valence-electron chi connectivity index (χ3n) is 3.13. The fourth-order valence-electron chi connectivity index (χ4n) is 2.21. The number of hydrogen-bond acceptors (Lipinski definition) is 5. The number of rotatable bonds is 2. The minimum Gasteiger partial charge on any atom is -0.377 e. The minimum atomic E-state index is 0.178. The van der Waals surface area contributed by atoms with Crippen LogP contribution in [0.4, 0.5) is 5.82 Å². The molecule has 1 aliphatic heterocycles. The van der Waals surface area contributed by atoms with Crippen LogP contribution in [-0.4, -0.2) is 37.5 Å². The molecule has 3 rings (SSSR count). The Morgan fingerprint density at radius 2 is 2.29 bits per heavy atom. The normalized spacial score (nSPS) is 21.0. The average Bonchev–Trinajstić information content (AvgIpc) is 2.82. The van der Waals surface area contributed by atoms with Gasteiger partial charge in [0.05, 0.1) is 24.6 Å². The maximum atomic E-state index is 5.76. The van der Waals surface area contributed by atoms with E-state index in [0.717, 1.165) is 23.3 Å². The molecule has 17 heavy (non-hydrogen) atoms. The fraction of sp³-hybridized carbons (Fsp3) is 0.417. The highest BCUT2D eigenvalue weighted by Gasteiger charge is 2.25. The topological polar surface area (TPSA) is 64.5 Å². The van der Waals surface area contributed by atoms with Crippen molar-refractivity contribution in [3.8, 4) is 0 Å². The van der Waals surface area contributed by atoms with Crippen molar-refractivity contribution in [2.24, 2.45) is 5.73 Å². The van der Waals surface area contributed by atoms with Crippen LogP contribution in [0.1, 0.15) is 0 Å². The number of benzene rings is 1. The van der Waals surface area contributed by atoms with Crippen LogP contribution in [0.3, 0.4) is 0 Å². The number of hydrogen-bond donors (Lipinski definition) is 1. The summed E-state index contributed by atoms with van der Waals surface area (Å²) >= 11 is 0. The predicted molar refractivity (Wildman–Crippen MR) is 65.0 cm³/mol. The van der Waals surface area contributed by atoms with Gasteiger partial charge >= 0.3 is 0 Å². The quantitative estimate of drug-likeness (QED) is 0.838. The molecule has 5 heteroatoms. The van der Waals surface area contributed by atoms with Crippen LogP contribution < -0.4 is 10.6 Å². The van der Waals surface area contributed by atoms with Crippen molar-refractivity contribution in [1.29, 1.82) is 0 Å². The molecule has 2 N–H and O–H groups in total. The number of anilines is 1. The summed E-state index contributed by atoms with van der Waals surface area (Å²) in [7, 11) is 0. The van der Waals surface area contributed by atoms with Gasteiger partial charge in [-0.2, -0.15) is 0 Å². The monoisotopic (exact) mass is 233 g/mol. The van der Waals surface area contributed by atoms with Gasteiger partial charge in [-0.3, -0.25) is 0 Å². The van der Waals surface area contributed by atoms with E-state index in [1.165, 1.54) is 0 Å². The van der Waals surface area contributed by atoms with Crippen molar-refractivity contribution in [1.82, 2.24) is 5.16 Å². The summed E-state index contributed by atoms with van der Waals surface area (Å²) in [5.74, 6) is 0.874. The number of ether oxygens (including phenoxy) is 1. The predicted octanol–water partition coefficient (Wildman–Crippen LogP) is 0.992. The van der Waals surface area contributed by atoms with Gasteiger partial charge in [-0.15, -0.1) is 0 Å². The molecule has 1 saturated heterocycles. The van der Waals surface area contributed by atoms with Crippen LogP contribution in [0, 0.1) is 0 Å². The van der Waals surface area contributed by atoms with Crippen molar-refractivity contribution in [3.05, 3.63) is 24.3 Å². The summed E-state index contributed by atoms with van der Waals surface area (Å²) in [6.45, 7) is 2.72. The lowest BCUT2D eigenvalue weighted by Gasteiger charge is -2.34. The van der Waals surface area contributed by atoms with E-state index in [4.69, 9.17) is 15.0 Å². The van der Waals surface area contributed by atoms with Crippen molar-refractivity contribution in [2.45, 2.75) is 6.04 Å². The summed E-state index contributed by atoms with van der Waals surface area (Å²) in [6.07, 6.45) is 0. The highest BCUT2D eigenvalue weighted by atomic mass is 16.5. The second kappa shape index (κ2) is 4.35. The van der Waals surface area contributed by atoms with E-state index in [1.807, 2.05) is 24.3 Å². The summed E-state index contributed by atoms with van der Waals surface area (Å²) in [5, 5.41) is 5.19. The third-order valence-corrected chi connectivity index (χ3v) is 3.13. The van der Waals surface area contributed by atoms with Gasteiger partial charge in [0.25, 0.3) is 0 Å². The van der Waals surface area contributed by atoms with E-state index < -0.39 is 0 Å². The molecule has 0 amide bonds. The second-order valence-electron chi connectivity index (χ2n) is 4.16. The minimum absolute atomic E-state index is 0.178. The molecule has 1 fully saturated rings. The average molecular weight is 233 g/mol. The smallest absolute Gasteiger partial charge is 0.180 e. The lowest BCUT2D eigenvalue weighted by atomic mass is 10.2. The molecule has 5 nitrogen and oxygen atoms in total. The summed E-state index contributed by atoms with van der Waals surface area (Å²) in [4.78, 5) is 2.18. The molecule has 1 aliphatic rings. The van der Waals surface area contributed by atoms with Crippen molar-refractivity contribution < 1.29 is 9.26 Å². The Hall–Kier alpha value is -1.59. The van der Waals surface area contributed by atoms with Gasteiger partial charge in [-0.25, -0.2) is 0 Å². The first-order valence-corrected chi connectivity index (χ1v) is 5.79. The second-order valence-corrected chi connectivity index (χ2v) is 4.16. The van der Waals surface area contributed by atoms with Crippen LogP contribution in [-0.2, 0) is 4.74 Å². The molecule has 1 aromatic heterocycles. The molecule has 1 aromatic carbocycles. The maximum absolute atomic E-state index is 5.76. The van der Waals surface area contributed by atoms with Gasteiger partial charge < -0.3 is 19.9 Å². The number of aromatic nitrogens is 1. The summed E-state index contributed by atoms with van der Waals surface area (Å²) < 4.78 is 10.8. The van der Waals surface area contributed by atoms with Crippen LogP contribution in [0.25, 0.3) is 11.0 Å². The number of para-hydroxylation sites is 1. The summed E-state index contributed by atoms with van der Waals surface area (Å²) in [5.41, 5.74) is 6.57. The zero-order valence-electron chi connectivity index (χ0n) is 9.50. The van der Waals surface area contributed by atoms with Gasteiger partial charge in [-0.05, 0) is 12.1 Å². The Balaban J connectivity index is 2.01. The van der Waals surface area contributed by atoms with E-state index in [2.05, 4.69) is 10.1 Å². The number of nitrogens with two attached hydrogens (primary N) is 1. The molecular formula is C12H15N3O2. The van der Waals surface area contributed by atoms with Crippen LogP contribution >= 0.6 is 0 Å². The zero-order valence-corrected chi connectivity index (χ0v) is 9.50. The lowest BCUT2D eigenvalue weighted by molar-refractivity contribution is 0.0956. The fourth-order valence-corrected chi connectivity index (χ4v) is 2.21. The first-order chi connectivity index (χ1) is 8.40. The van der Waals surface area contributed by atoms with Gasteiger partial charge in [-0.1, -0.05) is 17.3 Å². The van der Waals surface area contributed by atoms with E-state index in [9.17, 15) is 0 Å². The van der Waals surface area contributed by atoms with Crippen LogP contribution in [0.5, 0.6) is 0 Å². The number of fused-ring (bicyclic) bond motifs is 1. The highest BCUT2D eigenvalue weighted by Crippen LogP contribution is 2.27. The Bertz CT molecular complexity index is 511. The molecule has 2 heterocycles.